The van der Waals surface area contributed by atoms with E-state index in [2.05, 4.69) is 10.4 Å². The minimum atomic E-state index is -1.16. The quantitative estimate of drug-likeness (QED) is 0.893. The Bertz CT molecular complexity index is 674. The average molecular weight is 298 g/mol. The first-order valence-electron chi connectivity index (χ1n) is 5.69. The van der Waals surface area contributed by atoms with Crippen LogP contribution < -0.4 is 5.32 Å². The molecule has 2 N–H and O–H groups in total. The van der Waals surface area contributed by atoms with Crippen LogP contribution in [0.25, 0.3) is 0 Å². The van der Waals surface area contributed by atoms with Gasteiger partial charge in [-0.05, 0) is 19.1 Å². The van der Waals surface area contributed by atoms with Crippen molar-refractivity contribution in [2.45, 2.75) is 13.5 Å². The van der Waals surface area contributed by atoms with Crippen LogP contribution in [0.5, 0.6) is 0 Å². The van der Waals surface area contributed by atoms with Gasteiger partial charge in [0.2, 0.25) is 5.76 Å². The standard InChI is InChI=1S/C12H12ClN3O4/c1-6-9(13)10(16(2)15-6)11(17)14-5-7-3-4-8(20-7)12(18)19/h3-4H,5H2,1-2H3,(H,14,17)(H,18,19). The molecular formula is C12H12ClN3O4. The van der Waals surface area contributed by atoms with Crippen molar-refractivity contribution in [2.24, 2.45) is 7.05 Å². The number of hydrogen-bond acceptors (Lipinski definition) is 4. The Morgan fingerprint density at radius 2 is 2.20 bits per heavy atom. The first kappa shape index (κ1) is 14.1. The number of carbonyl (C=O) groups excluding carboxylic acids is 1. The largest absolute Gasteiger partial charge is 0.475 e. The molecule has 0 bridgehead atoms. The van der Waals surface area contributed by atoms with Crippen molar-refractivity contribution in [3.8, 4) is 0 Å². The van der Waals surface area contributed by atoms with Gasteiger partial charge in [0.15, 0.2) is 0 Å². The topological polar surface area (TPSA) is 97.4 Å². The van der Waals surface area contributed by atoms with E-state index in [4.69, 9.17) is 21.1 Å². The maximum absolute atomic E-state index is 12.0. The molecule has 0 aromatic carbocycles. The lowest BCUT2D eigenvalue weighted by Crippen LogP contribution is -2.25. The van der Waals surface area contributed by atoms with Crippen LogP contribution in [0.2, 0.25) is 5.02 Å². The van der Waals surface area contributed by atoms with Gasteiger partial charge in [-0.25, -0.2) is 4.79 Å². The fourth-order valence-corrected chi connectivity index (χ4v) is 1.96. The number of carboxylic acid groups (broad SMARTS) is 1. The number of carboxylic acids is 1. The van der Waals surface area contributed by atoms with Crippen molar-refractivity contribution in [2.75, 3.05) is 0 Å². The zero-order valence-electron chi connectivity index (χ0n) is 10.8. The van der Waals surface area contributed by atoms with Crippen LogP contribution in [0.15, 0.2) is 16.5 Å². The molecule has 20 heavy (non-hydrogen) atoms. The summed E-state index contributed by atoms with van der Waals surface area (Å²) in [7, 11) is 1.61. The summed E-state index contributed by atoms with van der Waals surface area (Å²) in [6, 6.07) is 2.81. The fraction of sp³-hybridized carbons (Fsp3) is 0.250. The van der Waals surface area contributed by atoms with Gasteiger partial charge in [0.05, 0.1) is 17.3 Å². The lowest BCUT2D eigenvalue weighted by Gasteiger charge is -2.04. The minimum Gasteiger partial charge on any atom is -0.475 e. The Morgan fingerprint density at radius 3 is 2.70 bits per heavy atom. The SMILES string of the molecule is Cc1nn(C)c(C(=O)NCc2ccc(C(=O)O)o2)c1Cl. The third-order valence-electron chi connectivity index (χ3n) is 2.66. The smallest absolute Gasteiger partial charge is 0.371 e. The van der Waals surface area contributed by atoms with Gasteiger partial charge in [0.1, 0.15) is 11.5 Å². The molecule has 1 amide bonds. The van der Waals surface area contributed by atoms with Crippen molar-refractivity contribution in [3.05, 3.63) is 40.1 Å². The molecule has 7 nitrogen and oxygen atoms in total. The normalized spacial score (nSPS) is 10.6. The molecule has 2 heterocycles. The molecule has 0 unspecified atom stereocenters. The summed E-state index contributed by atoms with van der Waals surface area (Å²) in [5.74, 6) is -1.41. The molecule has 2 rings (SSSR count). The molecule has 0 aliphatic rings. The zero-order valence-corrected chi connectivity index (χ0v) is 11.6. The van der Waals surface area contributed by atoms with Crippen molar-refractivity contribution >= 4 is 23.5 Å². The highest BCUT2D eigenvalue weighted by Crippen LogP contribution is 2.19. The second-order valence-electron chi connectivity index (χ2n) is 4.13. The summed E-state index contributed by atoms with van der Waals surface area (Å²) in [5.41, 5.74) is 0.805. The molecule has 0 aliphatic heterocycles. The molecule has 106 valence electrons. The summed E-state index contributed by atoms with van der Waals surface area (Å²) in [4.78, 5) is 22.7. The summed E-state index contributed by atoms with van der Waals surface area (Å²) in [5, 5.41) is 15.6. The molecule has 0 fully saturated rings. The number of furan rings is 1. The van der Waals surface area contributed by atoms with E-state index in [-0.39, 0.29) is 23.0 Å². The number of aromatic carboxylic acids is 1. The summed E-state index contributed by atoms with van der Waals surface area (Å²) >= 11 is 5.99. The summed E-state index contributed by atoms with van der Waals surface area (Å²) in [6.07, 6.45) is 0. The van der Waals surface area contributed by atoms with Gasteiger partial charge in [-0.2, -0.15) is 5.10 Å². The Hall–Kier alpha value is -2.28. The van der Waals surface area contributed by atoms with E-state index in [1.807, 2.05) is 0 Å². The predicted molar refractivity (Wildman–Crippen MR) is 69.8 cm³/mol. The second kappa shape index (κ2) is 5.38. The molecule has 8 heteroatoms. The number of hydrogen-bond donors (Lipinski definition) is 2. The van der Waals surface area contributed by atoms with Crippen LogP contribution in [0, 0.1) is 6.92 Å². The number of rotatable bonds is 4. The van der Waals surface area contributed by atoms with Gasteiger partial charge in [0.25, 0.3) is 5.91 Å². The van der Waals surface area contributed by atoms with Crippen molar-refractivity contribution in [1.29, 1.82) is 0 Å². The van der Waals surface area contributed by atoms with E-state index in [9.17, 15) is 9.59 Å². The van der Waals surface area contributed by atoms with E-state index in [1.54, 1.807) is 14.0 Å². The summed E-state index contributed by atoms with van der Waals surface area (Å²) in [6.45, 7) is 1.76. The Kier molecular flexibility index (Phi) is 3.80. The zero-order chi connectivity index (χ0) is 14.9. The number of carbonyl (C=O) groups is 2. The number of nitrogens with one attached hydrogen (secondary N) is 1. The molecular weight excluding hydrogens is 286 g/mol. The molecule has 0 radical (unpaired) electrons. The third-order valence-corrected chi connectivity index (χ3v) is 3.11. The number of amides is 1. The highest BCUT2D eigenvalue weighted by molar-refractivity contribution is 6.34. The van der Waals surface area contributed by atoms with E-state index in [0.717, 1.165) is 0 Å². The molecule has 0 spiro atoms. The number of halogens is 1. The predicted octanol–water partition coefficient (Wildman–Crippen LogP) is 1.60. The number of aryl methyl sites for hydroxylation is 2. The van der Waals surface area contributed by atoms with Gasteiger partial charge >= 0.3 is 5.97 Å². The highest BCUT2D eigenvalue weighted by atomic mass is 35.5. The van der Waals surface area contributed by atoms with E-state index in [0.29, 0.717) is 11.5 Å². The molecule has 0 saturated carbocycles. The van der Waals surface area contributed by atoms with Crippen LogP contribution in [0.4, 0.5) is 0 Å². The van der Waals surface area contributed by atoms with Gasteiger partial charge < -0.3 is 14.8 Å². The first-order chi connectivity index (χ1) is 9.40. The average Bonchev–Trinajstić information content (AvgIpc) is 2.93. The van der Waals surface area contributed by atoms with E-state index >= 15 is 0 Å². The van der Waals surface area contributed by atoms with Gasteiger partial charge in [-0.15, -0.1) is 0 Å². The molecule has 2 aromatic heterocycles. The monoisotopic (exact) mass is 297 g/mol. The fourth-order valence-electron chi connectivity index (χ4n) is 1.72. The van der Waals surface area contributed by atoms with Gasteiger partial charge in [-0.1, -0.05) is 11.6 Å². The maximum atomic E-state index is 12.0. The molecule has 0 aliphatic carbocycles. The Morgan fingerprint density at radius 1 is 1.50 bits per heavy atom. The van der Waals surface area contributed by atoms with Crippen LogP contribution in [-0.4, -0.2) is 26.8 Å². The summed E-state index contributed by atoms with van der Waals surface area (Å²) < 4.78 is 6.41. The Labute approximate surface area is 119 Å². The van der Waals surface area contributed by atoms with E-state index in [1.165, 1.54) is 16.8 Å². The second-order valence-corrected chi connectivity index (χ2v) is 4.50. The molecule has 2 aromatic rings. The van der Waals surface area contributed by atoms with Crippen LogP contribution in [0.1, 0.15) is 32.5 Å². The van der Waals surface area contributed by atoms with Gasteiger partial charge in [-0.3, -0.25) is 9.48 Å². The maximum Gasteiger partial charge on any atom is 0.371 e. The lowest BCUT2D eigenvalue weighted by molar-refractivity contribution is 0.0660. The van der Waals surface area contributed by atoms with Gasteiger partial charge in [0, 0.05) is 7.05 Å². The van der Waals surface area contributed by atoms with E-state index < -0.39 is 11.9 Å². The van der Waals surface area contributed by atoms with Crippen molar-refractivity contribution < 1.29 is 19.1 Å². The highest BCUT2D eigenvalue weighted by Gasteiger charge is 2.19. The van der Waals surface area contributed by atoms with Crippen molar-refractivity contribution in [1.82, 2.24) is 15.1 Å². The van der Waals surface area contributed by atoms with Crippen LogP contribution in [0.3, 0.4) is 0 Å². The Balaban J connectivity index is 2.06. The number of aromatic nitrogens is 2. The minimum absolute atomic E-state index is 0.0622. The number of nitrogens with zero attached hydrogens (tertiary/aromatic N) is 2. The van der Waals surface area contributed by atoms with Crippen LogP contribution in [-0.2, 0) is 13.6 Å². The van der Waals surface area contributed by atoms with Crippen LogP contribution >= 0.6 is 11.6 Å². The molecule has 0 saturated heterocycles. The van der Waals surface area contributed by atoms with Crippen molar-refractivity contribution in [3.63, 3.8) is 0 Å². The lowest BCUT2D eigenvalue weighted by atomic mass is 10.3. The first-order valence-corrected chi connectivity index (χ1v) is 6.07. The molecule has 0 atom stereocenters. The third kappa shape index (κ3) is 2.67.